The first-order valence-electron chi connectivity index (χ1n) is 7.67. The van der Waals surface area contributed by atoms with Crippen molar-refractivity contribution < 1.29 is 8.42 Å². The number of aliphatic imine (C=N–C) groups is 1. The van der Waals surface area contributed by atoms with Gasteiger partial charge in [-0.25, -0.2) is 8.42 Å². The van der Waals surface area contributed by atoms with Gasteiger partial charge in [-0.2, -0.15) is 0 Å². The molecule has 5 nitrogen and oxygen atoms in total. The summed E-state index contributed by atoms with van der Waals surface area (Å²) in [5, 5.41) is 0.441. The third kappa shape index (κ3) is 5.09. The molecule has 1 aromatic carbocycles. The number of likely N-dealkylation sites (N-methyl/N-ethyl adjacent to an activating group) is 1. The lowest BCUT2D eigenvalue weighted by molar-refractivity contribution is 0.337. The molecule has 1 heterocycles. The van der Waals surface area contributed by atoms with E-state index in [1.54, 1.807) is 24.3 Å². The van der Waals surface area contributed by atoms with Gasteiger partial charge in [0.25, 0.3) is 10.0 Å². The molecule has 1 aromatic rings. The van der Waals surface area contributed by atoms with Gasteiger partial charge in [-0.15, -0.1) is 0 Å². The summed E-state index contributed by atoms with van der Waals surface area (Å²) in [6.07, 6.45) is 2.12. The Morgan fingerprint density at radius 1 is 1.26 bits per heavy atom. The van der Waals surface area contributed by atoms with Crippen molar-refractivity contribution in [2.24, 2.45) is 4.99 Å². The molecule has 0 bridgehead atoms. The van der Waals surface area contributed by atoms with E-state index in [0.717, 1.165) is 30.1 Å². The number of hydrogen-bond donors (Lipinski definition) is 1. The minimum atomic E-state index is -3.56. The van der Waals surface area contributed by atoms with E-state index in [4.69, 9.17) is 0 Å². The highest BCUT2D eigenvalue weighted by molar-refractivity contribution is 8.18. The van der Waals surface area contributed by atoms with Crippen molar-refractivity contribution in [1.29, 1.82) is 0 Å². The summed E-state index contributed by atoms with van der Waals surface area (Å²) in [5.74, 6) is 0. The van der Waals surface area contributed by atoms with E-state index in [2.05, 4.69) is 34.5 Å². The highest BCUT2D eigenvalue weighted by atomic mass is 32.2. The van der Waals surface area contributed by atoms with Crippen molar-refractivity contribution in [3.05, 3.63) is 40.8 Å². The second-order valence-corrected chi connectivity index (χ2v) is 8.10. The van der Waals surface area contributed by atoms with Crippen molar-refractivity contribution in [1.82, 2.24) is 9.62 Å². The van der Waals surface area contributed by atoms with Crippen LogP contribution in [0.4, 0.5) is 0 Å². The van der Waals surface area contributed by atoms with Gasteiger partial charge in [-0.1, -0.05) is 49.4 Å². The van der Waals surface area contributed by atoms with Gasteiger partial charge < -0.3 is 4.90 Å². The summed E-state index contributed by atoms with van der Waals surface area (Å²) in [6.45, 7) is 9.58. The van der Waals surface area contributed by atoms with E-state index in [0.29, 0.717) is 11.7 Å². The average Bonchev–Trinajstić information content (AvgIpc) is 2.95. The molecule has 0 unspecified atom stereocenters. The topological polar surface area (TPSA) is 61.8 Å². The Hall–Kier alpha value is -1.31. The van der Waals surface area contributed by atoms with E-state index in [-0.39, 0.29) is 4.90 Å². The van der Waals surface area contributed by atoms with Crippen molar-refractivity contribution in [2.75, 3.05) is 26.2 Å². The molecule has 1 N–H and O–H groups in total. The zero-order chi connectivity index (χ0) is 16.9. The molecule has 0 radical (unpaired) electrons. The summed E-state index contributed by atoms with van der Waals surface area (Å²) in [7, 11) is -3.56. The third-order valence-corrected chi connectivity index (χ3v) is 6.10. The number of amidine groups is 1. The second-order valence-electron chi connectivity index (χ2n) is 5.30. The summed E-state index contributed by atoms with van der Waals surface area (Å²) in [4.78, 5) is 7.91. The van der Waals surface area contributed by atoms with Gasteiger partial charge >= 0.3 is 0 Å². The van der Waals surface area contributed by atoms with Crippen LogP contribution in [0.5, 0.6) is 0 Å². The Morgan fingerprint density at radius 2 is 1.91 bits per heavy atom. The highest BCUT2D eigenvalue weighted by Crippen LogP contribution is 2.24. The van der Waals surface area contributed by atoms with Crippen LogP contribution in [0, 0.1) is 6.92 Å². The van der Waals surface area contributed by atoms with Gasteiger partial charge in [0.2, 0.25) is 0 Å². The van der Waals surface area contributed by atoms with Crippen molar-refractivity contribution in [3.63, 3.8) is 0 Å². The molecule has 0 aromatic heterocycles. The molecular formula is C16H23N3O2S2. The molecule has 1 aliphatic rings. The smallest absolute Gasteiger partial charge is 0.263 e. The Morgan fingerprint density at radius 3 is 2.52 bits per heavy atom. The zero-order valence-corrected chi connectivity index (χ0v) is 15.4. The van der Waals surface area contributed by atoms with Crippen LogP contribution < -0.4 is 4.72 Å². The molecule has 1 aliphatic heterocycles. The molecule has 2 rings (SSSR count). The molecule has 7 heteroatoms. The van der Waals surface area contributed by atoms with Gasteiger partial charge in [0.1, 0.15) is 0 Å². The van der Waals surface area contributed by atoms with Crippen LogP contribution in [0.1, 0.15) is 19.4 Å². The first-order valence-corrected chi connectivity index (χ1v) is 9.97. The van der Waals surface area contributed by atoms with Crippen LogP contribution in [0.2, 0.25) is 0 Å². The lowest BCUT2D eigenvalue weighted by Gasteiger charge is -2.15. The van der Waals surface area contributed by atoms with Crippen molar-refractivity contribution in [2.45, 2.75) is 25.7 Å². The van der Waals surface area contributed by atoms with Crippen molar-refractivity contribution >= 4 is 27.0 Å². The first kappa shape index (κ1) is 18.0. The summed E-state index contributed by atoms with van der Waals surface area (Å²) in [5.41, 5.74) is 1.03. The van der Waals surface area contributed by atoms with Crippen LogP contribution in [-0.4, -0.2) is 44.7 Å². The molecule has 0 aliphatic carbocycles. The van der Waals surface area contributed by atoms with E-state index >= 15 is 0 Å². The van der Waals surface area contributed by atoms with E-state index < -0.39 is 10.0 Å². The minimum absolute atomic E-state index is 0.256. The number of nitrogens with one attached hydrogen (secondary N) is 1. The number of rotatable bonds is 6. The van der Waals surface area contributed by atoms with Crippen molar-refractivity contribution in [3.8, 4) is 0 Å². The standard InChI is InChI=1S/C16H23N3O2S2/c1-4-19(5-2)11-10-14-12-17-16(22-14)18-23(20,21)15-8-6-13(3)7-9-15/h6-10H,4-5,11-12H2,1-3H3,(H,17,18). The maximum atomic E-state index is 12.3. The third-order valence-electron chi connectivity index (χ3n) is 3.63. The lowest BCUT2D eigenvalue weighted by atomic mass is 10.2. The fourth-order valence-corrected chi connectivity index (χ4v) is 4.17. The molecule has 0 atom stereocenters. The largest absolute Gasteiger partial charge is 0.300 e. The van der Waals surface area contributed by atoms with Crippen LogP contribution in [0.25, 0.3) is 0 Å². The normalized spacial score (nSPS) is 16.9. The summed E-state index contributed by atoms with van der Waals surface area (Å²) < 4.78 is 27.2. The second kappa shape index (κ2) is 7.99. The molecule has 0 saturated heterocycles. The fourth-order valence-electron chi connectivity index (χ4n) is 2.10. The SMILES string of the molecule is CCN(CC)CC=C1CN=C(NS(=O)(=O)c2ccc(C)cc2)S1. The van der Waals surface area contributed by atoms with E-state index in [1.165, 1.54) is 11.8 Å². The van der Waals surface area contributed by atoms with Crippen LogP contribution in [0.3, 0.4) is 0 Å². The Labute approximate surface area is 142 Å². The Kier molecular flexibility index (Phi) is 6.26. The van der Waals surface area contributed by atoms with Crippen LogP contribution >= 0.6 is 11.8 Å². The summed E-state index contributed by atoms with van der Waals surface area (Å²) in [6, 6.07) is 6.78. The molecule has 23 heavy (non-hydrogen) atoms. The van der Waals surface area contributed by atoms with E-state index in [1.807, 2.05) is 6.92 Å². The number of hydrogen-bond acceptors (Lipinski definition) is 5. The molecular weight excluding hydrogens is 330 g/mol. The monoisotopic (exact) mass is 353 g/mol. The molecule has 0 spiro atoms. The van der Waals surface area contributed by atoms with Gasteiger partial charge in [-0.3, -0.25) is 9.71 Å². The number of sulfonamides is 1. The van der Waals surface area contributed by atoms with Gasteiger partial charge in [0, 0.05) is 11.4 Å². The molecule has 0 fully saturated rings. The maximum absolute atomic E-state index is 12.3. The minimum Gasteiger partial charge on any atom is -0.300 e. The highest BCUT2D eigenvalue weighted by Gasteiger charge is 2.20. The van der Waals surface area contributed by atoms with Gasteiger partial charge in [0.05, 0.1) is 11.4 Å². The Balaban J connectivity index is 1.97. The lowest BCUT2D eigenvalue weighted by Crippen LogP contribution is -2.27. The first-order chi connectivity index (χ1) is 10.9. The quantitative estimate of drug-likeness (QED) is 0.854. The molecule has 126 valence electrons. The van der Waals surface area contributed by atoms with Gasteiger partial charge in [-0.05, 0) is 32.1 Å². The van der Waals surface area contributed by atoms with Gasteiger partial charge in [0.15, 0.2) is 5.17 Å². The van der Waals surface area contributed by atoms with E-state index in [9.17, 15) is 8.42 Å². The number of nitrogens with zero attached hydrogens (tertiary/aromatic N) is 2. The fraction of sp³-hybridized carbons (Fsp3) is 0.438. The number of thioether (sulfide) groups is 1. The van der Waals surface area contributed by atoms with Crippen LogP contribution in [-0.2, 0) is 10.0 Å². The molecule has 0 amide bonds. The number of benzene rings is 1. The maximum Gasteiger partial charge on any atom is 0.263 e. The summed E-state index contributed by atoms with van der Waals surface area (Å²) >= 11 is 1.39. The van der Waals surface area contributed by atoms with Crippen LogP contribution in [0.15, 0.2) is 45.1 Å². The Bertz CT molecular complexity index is 691. The predicted octanol–water partition coefficient (Wildman–Crippen LogP) is 2.60. The average molecular weight is 354 g/mol. The number of aryl methyl sites for hydroxylation is 1. The zero-order valence-electron chi connectivity index (χ0n) is 13.7. The predicted molar refractivity (Wildman–Crippen MR) is 97.3 cm³/mol. The molecule has 0 saturated carbocycles.